The molecule has 5 heteroatoms. The van der Waals surface area contributed by atoms with Gasteiger partial charge in [-0.1, -0.05) is 27.7 Å². The van der Waals surface area contributed by atoms with Crippen LogP contribution in [-0.2, 0) is 0 Å². The molecule has 0 heterocycles. The second kappa shape index (κ2) is 6.60. The number of rotatable bonds is 7. The Morgan fingerprint density at radius 2 is 1.40 bits per heavy atom. The van der Waals surface area contributed by atoms with E-state index in [1.807, 2.05) is 21.1 Å². The van der Waals surface area contributed by atoms with E-state index in [0.717, 1.165) is 6.42 Å². The van der Waals surface area contributed by atoms with Crippen molar-refractivity contribution in [3.63, 3.8) is 0 Å². The molecule has 0 saturated carbocycles. The van der Waals surface area contributed by atoms with Crippen LogP contribution < -0.4 is 14.9 Å². The van der Waals surface area contributed by atoms with Gasteiger partial charge in [0.15, 0.2) is 0 Å². The third-order valence-corrected chi connectivity index (χ3v) is 7.00. The lowest BCUT2D eigenvalue weighted by Crippen LogP contribution is -2.81. The summed E-state index contributed by atoms with van der Waals surface area (Å²) < 4.78 is 2.55. The molecule has 0 aromatic carbocycles. The molecule has 0 aromatic heterocycles. The Hall–Kier alpha value is 0.0569. The topological polar surface area (TPSA) is 39.3 Å². The summed E-state index contributed by atoms with van der Waals surface area (Å²) >= 11 is 0. The highest BCUT2D eigenvalue weighted by molar-refractivity contribution is 6.69. The lowest BCUT2D eigenvalue weighted by Gasteiger charge is -2.45. The van der Waals surface area contributed by atoms with Crippen LogP contribution in [0.1, 0.15) is 34.1 Å². The Morgan fingerprint density at radius 1 is 1.00 bits per heavy atom. The maximum Gasteiger partial charge on any atom is 0.368 e. The molecule has 0 aliphatic heterocycles. The number of hydrogen-bond donors (Lipinski definition) is 3. The lowest BCUT2D eigenvalue weighted by atomic mass is 10.2. The zero-order valence-corrected chi connectivity index (χ0v) is 12.3. The average molecular weight is 232 g/mol. The summed E-state index contributed by atoms with van der Waals surface area (Å²) in [4.78, 5) is 10.4. The molecule has 3 N–H and O–H groups in total. The van der Waals surface area contributed by atoms with Crippen LogP contribution in [0.5, 0.6) is 0 Å². The van der Waals surface area contributed by atoms with Gasteiger partial charge in [0.2, 0.25) is 0 Å². The molecule has 0 radical (unpaired) electrons. The Bertz CT molecular complexity index is 163. The molecule has 0 aromatic rings. The maximum atomic E-state index is 3.45. The largest absolute Gasteiger partial charge is 0.368 e. The predicted molar refractivity (Wildman–Crippen MR) is 69.7 cm³/mol. The molecule has 0 rings (SSSR count). The molecule has 1 unspecified atom stereocenters. The van der Waals surface area contributed by atoms with E-state index in [4.69, 9.17) is 0 Å². The second-order valence-electron chi connectivity index (χ2n) is 4.22. The fourth-order valence-corrected chi connectivity index (χ4v) is 5.33. The summed E-state index contributed by atoms with van der Waals surface area (Å²) in [7, 11) is 4.16. The minimum Gasteiger partial charge on any atom is -0.303 e. The summed E-state index contributed by atoms with van der Waals surface area (Å²) in [5.41, 5.74) is 0. The van der Waals surface area contributed by atoms with Gasteiger partial charge in [-0.2, -0.15) is 0 Å². The molecule has 0 spiro atoms. The van der Waals surface area contributed by atoms with E-state index in [9.17, 15) is 0 Å². The fourth-order valence-electron chi connectivity index (χ4n) is 2.19. The SMILES string of the molecule is CCC(C)N(C(C)C)[Si](NC)(NC)NC. The molecule has 92 valence electrons. The van der Waals surface area contributed by atoms with E-state index in [2.05, 4.69) is 47.2 Å². The number of hydrogen-bond acceptors (Lipinski definition) is 4. The van der Waals surface area contributed by atoms with Crippen molar-refractivity contribution >= 4 is 8.72 Å². The molecule has 0 bridgehead atoms. The van der Waals surface area contributed by atoms with Crippen LogP contribution in [0.15, 0.2) is 0 Å². The van der Waals surface area contributed by atoms with Crippen molar-refractivity contribution < 1.29 is 0 Å². The smallest absolute Gasteiger partial charge is 0.303 e. The van der Waals surface area contributed by atoms with Crippen molar-refractivity contribution in [1.82, 2.24) is 19.5 Å². The number of nitrogens with one attached hydrogen (secondary N) is 3. The molecule has 0 fully saturated rings. The maximum absolute atomic E-state index is 3.45. The first-order valence-electron chi connectivity index (χ1n) is 5.84. The standard InChI is InChI=1S/C10H28N4Si/c1-8-10(4)14(9(2)3)15(11-5,12-6)13-7/h9-13H,8H2,1-7H3. The molecule has 0 amide bonds. The molecule has 4 nitrogen and oxygen atoms in total. The normalized spacial score (nSPS) is 15.0. The van der Waals surface area contributed by atoms with Crippen LogP contribution >= 0.6 is 0 Å². The van der Waals surface area contributed by atoms with Crippen molar-refractivity contribution in [3.8, 4) is 0 Å². The lowest BCUT2D eigenvalue weighted by molar-refractivity contribution is 0.253. The quantitative estimate of drug-likeness (QED) is 0.562. The van der Waals surface area contributed by atoms with E-state index in [1.54, 1.807) is 0 Å². The number of nitrogens with zero attached hydrogens (tertiary/aromatic N) is 1. The van der Waals surface area contributed by atoms with E-state index in [-0.39, 0.29) is 0 Å². The van der Waals surface area contributed by atoms with Crippen molar-refractivity contribution in [3.05, 3.63) is 0 Å². The molecule has 0 aliphatic rings. The third-order valence-electron chi connectivity index (χ3n) is 3.09. The Labute approximate surface area is 96.1 Å². The minimum atomic E-state index is -1.91. The Kier molecular flexibility index (Phi) is 6.62. The first kappa shape index (κ1) is 15.1. The van der Waals surface area contributed by atoms with E-state index in [0.29, 0.717) is 12.1 Å². The third kappa shape index (κ3) is 3.25. The van der Waals surface area contributed by atoms with Crippen molar-refractivity contribution in [2.45, 2.75) is 46.2 Å². The molecule has 0 aliphatic carbocycles. The van der Waals surface area contributed by atoms with E-state index >= 15 is 0 Å². The first-order valence-corrected chi connectivity index (χ1v) is 7.78. The van der Waals surface area contributed by atoms with Gasteiger partial charge in [-0.3, -0.25) is 4.57 Å². The molecule has 1 atom stereocenters. The van der Waals surface area contributed by atoms with Gasteiger partial charge in [0, 0.05) is 12.1 Å². The minimum absolute atomic E-state index is 0.527. The predicted octanol–water partition coefficient (Wildman–Crippen LogP) is 0.589. The van der Waals surface area contributed by atoms with Crippen LogP contribution in [0, 0.1) is 0 Å². The highest BCUT2D eigenvalue weighted by Gasteiger charge is 2.41. The molecular formula is C10H28N4Si. The van der Waals surface area contributed by atoms with Crippen LogP contribution in [0.3, 0.4) is 0 Å². The summed E-state index contributed by atoms with van der Waals surface area (Å²) in [6.45, 7) is 9.02. The van der Waals surface area contributed by atoms with Gasteiger partial charge in [-0.15, -0.1) is 0 Å². The summed E-state index contributed by atoms with van der Waals surface area (Å²) in [6, 6.07) is 1.10. The van der Waals surface area contributed by atoms with E-state index in [1.165, 1.54) is 0 Å². The Balaban J connectivity index is 4.99. The summed E-state index contributed by atoms with van der Waals surface area (Å²) in [6.07, 6.45) is 1.16. The van der Waals surface area contributed by atoms with Crippen LogP contribution in [0.2, 0.25) is 0 Å². The van der Waals surface area contributed by atoms with Gasteiger partial charge in [-0.25, -0.2) is 0 Å². The zero-order chi connectivity index (χ0) is 12.1. The monoisotopic (exact) mass is 232 g/mol. The second-order valence-corrected chi connectivity index (χ2v) is 7.66. The average Bonchev–Trinajstić information content (AvgIpc) is 2.24. The summed E-state index contributed by atoms with van der Waals surface area (Å²) in [5.74, 6) is 0. The highest BCUT2D eigenvalue weighted by Crippen LogP contribution is 2.13. The van der Waals surface area contributed by atoms with Gasteiger partial charge in [0.25, 0.3) is 0 Å². The van der Waals surface area contributed by atoms with Crippen molar-refractivity contribution in [2.24, 2.45) is 0 Å². The van der Waals surface area contributed by atoms with E-state index < -0.39 is 8.72 Å². The first-order chi connectivity index (χ1) is 6.98. The van der Waals surface area contributed by atoms with Gasteiger partial charge in [-0.05, 0) is 27.6 Å². The molecular weight excluding hydrogens is 204 g/mol. The zero-order valence-electron chi connectivity index (χ0n) is 11.3. The van der Waals surface area contributed by atoms with Gasteiger partial charge in [0.1, 0.15) is 0 Å². The van der Waals surface area contributed by atoms with Gasteiger partial charge < -0.3 is 14.9 Å². The highest BCUT2D eigenvalue weighted by atomic mass is 28.4. The van der Waals surface area contributed by atoms with Crippen LogP contribution in [-0.4, -0.2) is 46.5 Å². The van der Waals surface area contributed by atoms with Crippen LogP contribution in [0.4, 0.5) is 0 Å². The fraction of sp³-hybridized carbons (Fsp3) is 1.00. The van der Waals surface area contributed by atoms with Gasteiger partial charge >= 0.3 is 8.72 Å². The molecule has 0 saturated heterocycles. The van der Waals surface area contributed by atoms with Crippen LogP contribution in [0.25, 0.3) is 0 Å². The summed E-state index contributed by atoms with van der Waals surface area (Å²) in [5, 5.41) is 0. The Morgan fingerprint density at radius 3 is 1.60 bits per heavy atom. The van der Waals surface area contributed by atoms with Crippen molar-refractivity contribution in [1.29, 1.82) is 0 Å². The van der Waals surface area contributed by atoms with Gasteiger partial charge in [0.05, 0.1) is 0 Å². The van der Waals surface area contributed by atoms with Crippen molar-refractivity contribution in [2.75, 3.05) is 21.1 Å². The molecule has 15 heavy (non-hydrogen) atoms.